The third-order valence-corrected chi connectivity index (χ3v) is 6.54. The summed E-state index contributed by atoms with van der Waals surface area (Å²) < 4.78 is 0. The van der Waals surface area contributed by atoms with Crippen molar-refractivity contribution in [3.05, 3.63) is 69.7 Å². The van der Waals surface area contributed by atoms with Crippen LogP contribution in [0.15, 0.2) is 48.5 Å². The molecule has 2 fully saturated rings. The average molecular weight is 426 g/mol. The number of piperidine rings is 1. The summed E-state index contributed by atoms with van der Waals surface area (Å²) in [4.78, 5) is 13.0. The molecule has 2 aromatic rings. The average Bonchev–Trinajstić information content (AvgIpc) is 3.36. The van der Waals surface area contributed by atoms with E-state index in [-0.39, 0.29) is 35.7 Å². The lowest BCUT2D eigenvalue weighted by atomic mass is 9.91. The summed E-state index contributed by atoms with van der Waals surface area (Å²) >= 11 is 12.3. The van der Waals surface area contributed by atoms with Gasteiger partial charge in [0.25, 0.3) is 0 Å². The van der Waals surface area contributed by atoms with Crippen molar-refractivity contribution >= 4 is 41.5 Å². The van der Waals surface area contributed by atoms with Crippen LogP contribution in [0.5, 0.6) is 0 Å². The van der Waals surface area contributed by atoms with Crippen LogP contribution in [0.3, 0.4) is 0 Å². The van der Waals surface area contributed by atoms with Gasteiger partial charge in [0, 0.05) is 5.92 Å². The monoisotopic (exact) mass is 424 g/mol. The Labute approximate surface area is 176 Å². The molecule has 0 bridgehead atoms. The quantitative estimate of drug-likeness (QED) is 0.723. The second-order valence-electron chi connectivity index (χ2n) is 7.39. The van der Waals surface area contributed by atoms with Crippen molar-refractivity contribution in [3.8, 4) is 0 Å². The fourth-order valence-electron chi connectivity index (χ4n) is 4.14. The van der Waals surface area contributed by atoms with E-state index >= 15 is 0 Å². The van der Waals surface area contributed by atoms with Gasteiger partial charge in [0.15, 0.2) is 0 Å². The van der Waals surface area contributed by atoms with E-state index in [2.05, 4.69) is 10.6 Å². The van der Waals surface area contributed by atoms with Gasteiger partial charge < -0.3 is 10.6 Å². The van der Waals surface area contributed by atoms with Crippen molar-refractivity contribution < 1.29 is 4.79 Å². The smallest absolute Gasteiger partial charge is 0.224 e. The lowest BCUT2D eigenvalue weighted by Crippen LogP contribution is -2.35. The van der Waals surface area contributed by atoms with E-state index < -0.39 is 0 Å². The number of rotatable bonds is 4. The molecule has 0 radical (unpaired) electrons. The third kappa shape index (κ3) is 4.27. The zero-order chi connectivity index (χ0) is 18.1. The number of hydrogen-bond acceptors (Lipinski definition) is 2. The van der Waals surface area contributed by atoms with Crippen molar-refractivity contribution in [2.45, 2.75) is 25.3 Å². The molecule has 1 spiro atoms. The van der Waals surface area contributed by atoms with E-state index in [9.17, 15) is 4.79 Å². The first-order chi connectivity index (χ1) is 12.6. The van der Waals surface area contributed by atoms with E-state index in [0.717, 1.165) is 43.5 Å². The van der Waals surface area contributed by atoms with Crippen LogP contribution in [-0.2, 0) is 4.79 Å². The van der Waals surface area contributed by atoms with Crippen molar-refractivity contribution in [2.75, 3.05) is 13.1 Å². The minimum Gasteiger partial charge on any atom is -0.345 e. The summed E-state index contributed by atoms with van der Waals surface area (Å²) in [6.45, 7) is 2.03. The standard InChI is InChI=1S/C21H22Cl2N2O.ClH/c22-17-7-6-15(12-18(17)23)19(14-4-2-1-3-5-14)25-20(26)16-13-21(16)8-10-24-11-9-21;/h1-7,12,16,19,24H,8-11,13H2,(H,25,26);1H. The highest BCUT2D eigenvalue weighted by Crippen LogP contribution is 2.58. The molecule has 0 aromatic heterocycles. The Balaban J connectivity index is 0.00000210. The Morgan fingerprint density at radius 1 is 1.04 bits per heavy atom. The highest BCUT2D eigenvalue weighted by molar-refractivity contribution is 6.42. The lowest BCUT2D eigenvalue weighted by Gasteiger charge is -2.25. The second-order valence-corrected chi connectivity index (χ2v) is 8.21. The topological polar surface area (TPSA) is 41.1 Å². The van der Waals surface area contributed by atoms with Crippen molar-refractivity contribution in [1.29, 1.82) is 0 Å². The highest BCUT2D eigenvalue weighted by Gasteiger charge is 2.57. The fraction of sp³-hybridized carbons (Fsp3) is 0.381. The molecule has 1 aliphatic carbocycles. The number of carbonyl (C=O) groups excluding carboxylic acids is 1. The minimum absolute atomic E-state index is 0. The largest absolute Gasteiger partial charge is 0.345 e. The zero-order valence-corrected chi connectivity index (χ0v) is 17.2. The summed E-state index contributed by atoms with van der Waals surface area (Å²) in [5.41, 5.74) is 2.20. The van der Waals surface area contributed by atoms with Gasteiger partial charge in [0.05, 0.1) is 16.1 Å². The van der Waals surface area contributed by atoms with Crippen molar-refractivity contribution in [3.63, 3.8) is 0 Å². The first-order valence-electron chi connectivity index (χ1n) is 9.10. The van der Waals surface area contributed by atoms with Gasteiger partial charge in [-0.05, 0) is 61.0 Å². The molecule has 2 unspecified atom stereocenters. The zero-order valence-electron chi connectivity index (χ0n) is 14.9. The second kappa shape index (κ2) is 8.40. The van der Waals surface area contributed by atoms with Crippen LogP contribution in [0.1, 0.15) is 36.4 Å². The number of nitrogens with one attached hydrogen (secondary N) is 2. The lowest BCUT2D eigenvalue weighted by molar-refractivity contribution is -0.123. The van der Waals surface area contributed by atoms with Crippen molar-refractivity contribution in [2.24, 2.45) is 11.3 Å². The highest BCUT2D eigenvalue weighted by atomic mass is 35.5. The Morgan fingerprint density at radius 3 is 2.41 bits per heavy atom. The number of hydrogen-bond donors (Lipinski definition) is 2. The maximum absolute atomic E-state index is 13.0. The fourth-order valence-corrected chi connectivity index (χ4v) is 4.44. The van der Waals surface area contributed by atoms with Crippen LogP contribution in [-0.4, -0.2) is 19.0 Å². The van der Waals surface area contributed by atoms with Crippen LogP contribution in [0.2, 0.25) is 10.0 Å². The molecule has 1 saturated heterocycles. The number of halogens is 3. The van der Waals surface area contributed by atoms with E-state index in [4.69, 9.17) is 23.2 Å². The number of carbonyl (C=O) groups is 1. The van der Waals surface area contributed by atoms with Gasteiger partial charge in [0.2, 0.25) is 5.91 Å². The first-order valence-corrected chi connectivity index (χ1v) is 9.86. The van der Waals surface area contributed by atoms with Crippen LogP contribution < -0.4 is 10.6 Å². The Kier molecular flexibility index (Phi) is 6.37. The molecule has 4 rings (SSSR count). The predicted molar refractivity (Wildman–Crippen MR) is 113 cm³/mol. The minimum atomic E-state index is -0.224. The summed E-state index contributed by atoms with van der Waals surface area (Å²) in [6, 6.07) is 15.3. The van der Waals surface area contributed by atoms with Crippen LogP contribution in [0, 0.1) is 11.3 Å². The Bertz CT molecular complexity index is 806. The van der Waals surface area contributed by atoms with Gasteiger partial charge in [-0.2, -0.15) is 0 Å². The molecular weight excluding hydrogens is 403 g/mol. The molecule has 1 saturated carbocycles. The normalized spacial score (nSPS) is 21.2. The van der Waals surface area contributed by atoms with E-state index in [1.807, 2.05) is 42.5 Å². The van der Waals surface area contributed by atoms with Gasteiger partial charge in [-0.25, -0.2) is 0 Å². The molecule has 2 aliphatic rings. The van der Waals surface area contributed by atoms with E-state index in [1.165, 1.54) is 0 Å². The molecule has 1 aliphatic heterocycles. The predicted octanol–water partition coefficient (Wildman–Crippen LogP) is 5.01. The van der Waals surface area contributed by atoms with Crippen LogP contribution in [0.25, 0.3) is 0 Å². The van der Waals surface area contributed by atoms with E-state index in [0.29, 0.717) is 10.0 Å². The molecule has 3 nitrogen and oxygen atoms in total. The third-order valence-electron chi connectivity index (χ3n) is 5.80. The molecule has 6 heteroatoms. The molecule has 2 N–H and O–H groups in total. The SMILES string of the molecule is Cl.O=C(NC(c1ccccc1)c1ccc(Cl)c(Cl)c1)C1CC12CCNCC2. The summed E-state index contributed by atoms with van der Waals surface area (Å²) in [6.07, 6.45) is 3.19. The van der Waals surface area contributed by atoms with E-state index in [1.54, 1.807) is 6.07 Å². The summed E-state index contributed by atoms with van der Waals surface area (Å²) in [5, 5.41) is 7.67. The maximum Gasteiger partial charge on any atom is 0.224 e. The van der Waals surface area contributed by atoms with Crippen molar-refractivity contribution in [1.82, 2.24) is 10.6 Å². The van der Waals surface area contributed by atoms with Crippen LogP contribution in [0.4, 0.5) is 0 Å². The molecule has 1 amide bonds. The number of amides is 1. The van der Waals surface area contributed by atoms with Gasteiger partial charge in [0.1, 0.15) is 0 Å². The molecule has 27 heavy (non-hydrogen) atoms. The Hall–Kier alpha value is -1.26. The summed E-state index contributed by atoms with van der Waals surface area (Å²) in [5.74, 6) is 0.269. The molecule has 2 atom stereocenters. The Morgan fingerprint density at radius 2 is 1.74 bits per heavy atom. The maximum atomic E-state index is 13.0. The van der Waals surface area contributed by atoms with Gasteiger partial charge in [-0.15, -0.1) is 12.4 Å². The number of benzene rings is 2. The molecular formula is C21H23Cl3N2O. The summed E-state index contributed by atoms with van der Waals surface area (Å²) in [7, 11) is 0. The molecule has 1 heterocycles. The molecule has 2 aromatic carbocycles. The van der Waals surface area contributed by atoms with Gasteiger partial charge in [-0.3, -0.25) is 4.79 Å². The van der Waals surface area contributed by atoms with Crippen LogP contribution >= 0.6 is 35.6 Å². The first kappa shape index (κ1) is 20.5. The van der Waals surface area contributed by atoms with Gasteiger partial charge >= 0.3 is 0 Å². The van der Waals surface area contributed by atoms with Gasteiger partial charge in [-0.1, -0.05) is 59.6 Å². The molecule has 144 valence electrons.